The van der Waals surface area contributed by atoms with Crippen LogP contribution >= 0.6 is 34.5 Å². The van der Waals surface area contributed by atoms with E-state index in [0.717, 1.165) is 15.8 Å². The molecule has 1 aromatic carbocycles. The molecule has 19 heavy (non-hydrogen) atoms. The van der Waals surface area contributed by atoms with Crippen LogP contribution in [0.1, 0.15) is 16.7 Å². The van der Waals surface area contributed by atoms with Crippen LogP contribution in [0.5, 0.6) is 0 Å². The molecule has 0 radical (unpaired) electrons. The number of hydrogen-bond acceptors (Lipinski definition) is 4. The summed E-state index contributed by atoms with van der Waals surface area (Å²) >= 11 is 13.6. The highest BCUT2D eigenvalue weighted by Crippen LogP contribution is 2.35. The monoisotopic (exact) mass is 312 g/mol. The summed E-state index contributed by atoms with van der Waals surface area (Å²) in [7, 11) is 0. The molecule has 3 N–H and O–H groups in total. The number of nitrogens with two attached hydrogens (primary N) is 1. The number of hydrazine groups is 1. The van der Waals surface area contributed by atoms with Gasteiger partial charge in [0.05, 0.1) is 5.02 Å². The number of rotatable bonds is 3. The van der Waals surface area contributed by atoms with Crippen LogP contribution in [0.15, 0.2) is 40.1 Å². The van der Waals surface area contributed by atoms with Gasteiger partial charge < -0.3 is 4.42 Å². The second-order valence-electron chi connectivity index (χ2n) is 4.06. The van der Waals surface area contributed by atoms with Gasteiger partial charge in [0.25, 0.3) is 0 Å². The van der Waals surface area contributed by atoms with Crippen molar-refractivity contribution >= 4 is 45.5 Å². The Morgan fingerprint density at radius 3 is 2.74 bits per heavy atom. The minimum absolute atomic E-state index is 0.265. The predicted molar refractivity (Wildman–Crippen MR) is 79.7 cm³/mol. The van der Waals surface area contributed by atoms with Crippen molar-refractivity contribution in [2.45, 2.75) is 6.04 Å². The van der Waals surface area contributed by atoms with Gasteiger partial charge in [0.1, 0.15) is 17.4 Å². The van der Waals surface area contributed by atoms with Crippen LogP contribution in [0, 0.1) is 0 Å². The fourth-order valence-corrected chi connectivity index (χ4v) is 3.39. The van der Waals surface area contributed by atoms with Crippen molar-refractivity contribution in [1.82, 2.24) is 5.43 Å². The van der Waals surface area contributed by atoms with Gasteiger partial charge in [0.2, 0.25) is 0 Å². The van der Waals surface area contributed by atoms with Crippen molar-refractivity contribution in [3.05, 3.63) is 56.4 Å². The molecular formula is C13H10Cl2N2OS. The third kappa shape index (κ3) is 2.38. The van der Waals surface area contributed by atoms with Gasteiger partial charge in [-0.15, -0.1) is 11.3 Å². The van der Waals surface area contributed by atoms with Gasteiger partial charge in [-0.2, -0.15) is 0 Å². The fraction of sp³-hybridized carbons (Fsp3) is 0.0769. The molecule has 0 aliphatic rings. The van der Waals surface area contributed by atoms with E-state index in [1.54, 1.807) is 6.07 Å². The first-order valence-electron chi connectivity index (χ1n) is 5.57. The van der Waals surface area contributed by atoms with Gasteiger partial charge in [-0.3, -0.25) is 5.84 Å². The molecule has 0 fully saturated rings. The van der Waals surface area contributed by atoms with Gasteiger partial charge in [0, 0.05) is 15.3 Å². The molecule has 2 heterocycles. The second kappa shape index (κ2) is 5.15. The Morgan fingerprint density at radius 2 is 2.05 bits per heavy atom. The molecule has 3 rings (SSSR count). The molecule has 1 atom stereocenters. The van der Waals surface area contributed by atoms with E-state index in [0.29, 0.717) is 15.8 Å². The van der Waals surface area contributed by atoms with Crippen molar-refractivity contribution < 1.29 is 4.42 Å². The predicted octanol–water partition coefficient (Wildman–Crippen LogP) is 4.35. The van der Waals surface area contributed by atoms with Gasteiger partial charge in [-0.1, -0.05) is 23.2 Å². The lowest BCUT2D eigenvalue weighted by molar-refractivity contribution is 0.481. The molecule has 3 nitrogen and oxygen atoms in total. The summed E-state index contributed by atoms with van der Waals surface area (Å²) < 4.78 is 5.80. The summed E-state index contributed by atoms with van der Waals surface area (Å²) in [4.78, 5) is 0.925. The lowest BCUT2D eigenvalue weighted by Crippen LogP contribution is -2.28. The zero-order valence-corrected chi connectivity index (χ0v) is 12.0. The zero-order chi connectivity index (χ0) is 13.4. The maximum atomic E-state index is 6.14. The molecule has 0 bridgehead atoms. The van der Waals surface area contributed by atoms with Crippen molar-refractivity contribution in [3.63, 3.8) is 0 Å². The number of nitrogens with one attached hydrogen (secondary N) is 1. The zero-order valence-electron chi connectivity index (χ0n) is 9.69. The molecule has 1 unspecified atom stereocenters. The van der Waals surface area contributed by atoms with Crippen molar-refractivity contribution in [2.24, 2.45) is 5.84 Å². The minimum Gasteiger partial charge on any atom is -0.459 e. The molecule has 0 amide bonds. The number of hydrogen-bond donors (Lipinski definition) is 2. The van der Waals surface area contributed by atoms with Crippen LogP contribution in [0.25, 0.3) is 11.0 Å². The number of fused-ring (bicyclic) bond motifs is 1. The Labute approximate surface area is 123 Å². The molecule has 98 valence electrons. The Bertz CT molecular complexity index is 722. The summed E-state index contributed by atoms with van der Waals surface area (Å²) in [5.74, 6) is 6.34. The molecule has 0 saturated heterocycles. The molecule has 6 heteroatoms. The highest BCUT2D eigenvalue weighted by molar-refractivity contribution is 7.10. The van der Waals surface area contributed by atoms with Crippen LogP contribution in [0.3, 0.4) is 0 Å². The first kappa shape index (κ1) is 13.0. The van der Waals surface area contributed by atoms with E-state index in [9.17, 15) is 0 Å². The Balaban J connectivity index is 2.09. The largest absolute Gasteiger partial charge is 0.459 e. The van der Waals surface area contributed by atoms with E-state index in [1.165, 1.54) is 11.3 Å². The Hall–Kier alpha value is -1.04. The quantitative estimate of drug-likeness (QED) is 0.558. The average molecular weight is 313 g/mol. The molecule has 0 aliphatic carbocycles. The smallest absolute Gasteiger partial charge is 0.134 e. The highest BCUT2D eigenvalue weighted by Gasteiger charge is 2.21. The van der Waals surface area contributed by atoms with E-state index in [2.05, 4.69) is 5.43 Å². The molecule has 0 aliphatic heterocycles. The normalized spacial score (nSPS) is 13.0. The van der Waals surface area contributed by atoms with Gasteiger partial charge >= 0.3 is 0 Å². The first-order valence-corrected chi connectivity index (χ1v) is 7.20. The fourth-order valence-electron chi connectivity index (χ4n) is 1.98. The lowest BCUT2D eigenvalue weighted by atomic mass is 10.2. The lowest BCUT2D eigenvalue weighted by Gasteiger charge is -2.11. The number of benzene rings is 1. The third-order valence-corrected chi connectivity index (χ3v) is 4.51. The number of thiophene rings is 1. The van der Waals surface area contributed by atoms with Crippen molar-refractivity contribution in [2.75, 3.05) is 0 Å². The maximum absolute atomic E-state index is 6.14. The summed E-state index contributed by atoms with van der Waals surface area (Å²) in [6.07, 6.45) is 0. The highest BCUT2D eigenvalue weighted by atomic mass is 35.5. The minimum atomic E-state index is -0.265. The molecular weight excluding hydrogens is 303 g/mol. The van der Waals surface area contributed by atoms with E-state index in [1.807, 2.05) is 29.6 Å². The maximum Gasteiger partial charge on any atom is 0.134 e. The van der Waals surface area contributed by atoms with Crippen LogP contribution < -0.4 is 11.3 Å². The van der Waals surface area contributed by atoms with E-state index in [-0.39, 0.29) is 6.04 Å². The Kier molecular flexibility index (Phi) is 3.52. The van der Waals surface area contributed by atoms with Gasteiger partial charge in [0.15, 0.2) is 0 Å². The topological polar surface area (TPSA) is 51.2 Å². The van der Waals surface area contributed by atoms with E-state index < -0.39 is 0 Å². The number of halogens is 2. The Morgan fingerprint density at radius 1 is 1.21 bits per heavy atom. The third-order valence-electron chi connectivity index (χ3n) is 2.86. The summed E-state index contributed by atoms with van der Waals surface area (Å²) in [5.41, 5.74) is 3.51. The number of furan rings is 1. The SMILES string of the molecule is NNC(c1cc2cc(Cl)ccc2o1)c1sccc1Cl. The standard InChI is InChI=1S/C13H10Cl2N2OS/c14-8-1-2-10-7(5-8)6-11(18-10)12(17-16)13-9(15)3-4-19-13/h1-6,12,17H,16H2. The summed E-state index contributed by atoms with van der Waals surface area (Å²) in [6, 6.07) is 8.98. The second-order valence-corrected chi connectivity index (χ2v) is 5.85. The molecule has 2 aromatic heterocycles. The summed E-state index contributed by atoms with van der Waals surface area (Å²) in [5, 5.41) is 4.20. The molecule has 0 spiro atoms. The van der Waals surface area contributed by atoms with Gasteiger partial charge in [-0.05, 0) is 35.7 Å². The first-order chi connectivity index (χ1) is 9.19. The van der Waals surface area contributed by atoms with Crippen molar-refractivity contribution in [1.29, 1.82) is 0 Å². The molecule has 0 saturated carbocycles. The van der Waals surface area contributed by atoms with Gasteiger partial charge in [-0.25, -0.2) is 5.43 Å². The van der Waals surface area contributed by atoms with E-state index in [4.69, 9.17) is 33.5 Å². The average Bonchev–Trinajstić information content (AvgIpc) is 2.97. The molecule has 3 aromatic rings. The van der Waals surface area contributed by atoms with E-state index >= 15 is 0 Å². The van der Waals surface area contributed by atoms with Crippen LogP contribution in [0.4, 0.5) is 0 Å². The summed E-state index contributed by atoms with van der Waals surface area (Å²) in [6.45, 7) is 0. The van der Waals surface area contributed by atoms with Crippen LogP contribution in [-0.2, 0) is 0 Å². The van der Waals surface area contributed by atoms with Crippen LogP contribution in [0.2, 0.25) is 10.0 Å². The van der Waals surface area contributed by atoms with Crippen LogP contribution in [-0.4, -0.2) is 0 Å². The van der Waals surface area contributed by atoms with Crippen molar-refractivity contribution in [3.8, 4) is 0 Å².